The molecule has 1 saturated heterocycles. The van der Waals surface area contributed by atoms with Gasteiger partial charge in [0, 0.05) is 0 Å². The molecule has 8 heteroatoms. The van der Waals surface area contributed by atoms with Crippen molar-refractivity contribution in [3.63, 3.8) is 0 Å². The summed E-state index contributed by atoms with van der Waals surface area (Å²) in [6.45, 7) is 5.62. The number of carbonyl (C=O) groups excluding carboxylic acids is 1. The van der Waals surface area contributed by atoms with E-state index in [4.69, 9.17) is 0 Å². The zero-order chi connectivity index (χ0) is 22.2. The van der Waals surface area contributed by atoms with Gasteiger partial charge in [-0.25, -0.2) is 0 Å². The van der Waals surface area contributed by atoms with E-state index in [0.29, 0.717) is 10.7 Å². The minimum atomic E-state index is -2.86. The molecule has 31 heavy (non-hydrogen) atoms. The number of aryl methyl sites for hydroxylation is 2. The van der Waals surface area contributed by atoms with Crippen LogP contribution in [0.3, 0.4) is 0 Å². The molecule has 0 bridgehead atoms. The van der Waals surface area contributed by atoms with Crippen molar-refractivity contribution >= 4 is 37.6 Å². The number of anilines is 1. The number of likely N-dealkylation sites (tertiary alicyclic amines) is 1. The van der Waals surface area contributed by atoms with Gasteiger partial charge in [0.15, 0.2) is 0 Å². The van der Waals surface area contributed by atoms with Crippen molar-refractivity contribution < 1.29 is 28.6 Å². The Bertz CT molecular complexity index is 1020. The molecule has 1 fully saturated rings. The number of alkyl halides is 2. The zero-order valence-electron chi connectivity index (χ0n) is 17.3. The summed E-state index contributed by atoms with van der Waals surface area (Å²) in [4.78, 5) is 20.6. The molecule has 0 spiro atoms. The summed E-state index contributed by atoms with van der Waals surface area (Å²) in [5.41, 5.74) is 4.01. The van der Waals surface area contributed by atoms with E-state index in [1.165, 1.54) is 46.0 Å². The maximum atomic E-state index is 14.6. The topological polar surface area (TPSA) is 45.2 Å². The summed E-state index contributed by atoms with van der Waals surface area (Å²) in [6.07, 6.45) is 5.98. The van der Waals surface area contributed by atoms with E-state index in [9.17, 15) is 13.6 Å². The van der Waals surface area contributed by atoms with Gasteiger partial charge in [-0.3, -0.25) is 0 Å². The van der Waals surface area contributed by atoms with Crippen LogP contribution in [-0.2, 0) is 32.7 Å². The van der Waals surface area contributed by atoms with Crippen molar-refractivity contribution in [3.8, 4) is 0 Å². The fourth-order valence-electron chi connectivity index (χ4n) is 4.44. The van der Waals surface area contributed by atoms with E-state index in [-0.39, 0.29) is 25.4 Å². The molecular formula is C23H25F2N3NiOS. The number of benzene rings is 1. The number of hydrogen-bond acceptors (Lipinski definition) is 4. The second-order valence-electron chi connectivity index (χ2n) is 8.16. The van der Waals surface area contributed by atoms with Gasteiger partial charge in [0.2, 0.25) is 0 Å². The van der Waals surface area contributed by atoms with Crippen LogP contribution in [0.15, 0.2) is 36.4 Å². The van der Waals surface area contributed by atoms with Gasteiger partial charge in [0.1, 0.15) is 0 Å². The van der Waals surface area contributed by atoms with Crippen molar-refractivity contribution in [2.24, 2.45) is 5.92 Å². The number of halogens is 2. The summed E-state index contributed by atoms with van der Waals surface area (Å²) < 4.78 is 30.2. The number of hydrogen-bond donors (Lipinski definition) is 1. The Hall–Kier alpha value is -1.76. The molecule has 2 aromatic rings. The Kier molecular flexibility index (Phi) is 6.52. The fourth-order valence-corrected chi connectivity index (χ4v) is 5.54. The summed E-state index contributed by atoms with van der Waals surface area (Å²) in [7, 11) is 0. The molecule has 1 amide bonds. The first-order chi connectivity index (χ1) is 14.8. The van der Waals surface area contributed by atoms with Crippen LogP contribution in [0, 0.1) is 5.92 Å². The third-order valence-corrected chi connectivity index (χ3v) is 7.40. The van der Waals surface area contributed by atoms with Crippen LogP contribution >= 0.6 is 11.3 Å². The number of amides is 1. The normalized spacial score (nSPS) is 22.2. The van der Waals surface area contributed by atoms with Crippen LogP contribution in [0.25, 0.3) is 10.2 Å². The third kappa shape index (κ3) is 4.57. The van der Waals surface area contributed by atoms with E-state index in [2.05, 4.69) is 44.0 Å². The van der Waals surface area contributed by atoms with Gasteiger partial charge in [-0.2, -0.15) is 0 Å². The van der Waals surface area contributed by atoms with E-state index in [0.717, 1.165) is 23.1 Å². The maximum absolute atomic E-state index is 14.6. The van der Waals surface area contributed by atoms with Crippen molar-refractivity contribution in [2.75, 3.05) is 18.4 Å². The number of aromatic nitrogens is 1. The van der Waals surface area contributed by atoms with Crippen LogP contribution in [-0.4, -0.2) is 45.8 Å². The molecule has 1 aromatic carbocycles. The first-order valence-electron chi connectivity index (χ1n) is 10.4. The molecule has 2 heterocycles. The predicted molar refractivity (Wildman–Crippen MR) is 119 cm³/mol. The van der Waals surface area contributed by atoms with Gasteiger partial charge in [-0.15, -0.1) is 0 Å². The van der Waals surface area contributed by atoms with Gasteiger partial charge in [0.05, 0.1) is 0 Å². The molecule has 1 N–H and O–H groups in total. The Balaban J connectivity index is 1.47. The first kappa shape index (κ1) is 22.4. The molecule has 4 nitrogen and oxygen atoms in total. The fraction of sp³-hybridized carbons (Fsp3) is 0.435. The number of nitrogens with zero attached hydrogens (tertiary/aromatic N) is 2. The van der Waals surface area contributed by atoms with Crippen LogP contribution in [0.5, 0.6) is 0 Å². The Morgan fingerprint density at radius 2 is 2.16 bits per heavy atom. The monoisotopic (exact) mass is 487 g/mol. The van der Waals surface area contributed by atoms with Crippen molar-refractivity contribution in [1.82, 2.24) is 9.88 Å². The van der Waals surface area contributed by atoms with Crippen molar-refractivity contribution in [2.45, 2.75) is 44.6 Å². The number of fused-ring (bicyclic) bond motifs is 2. The average Bonchev–Trinajstić information content (AvgIpc) is 3.34. The Morgan fingerprint density at radius 1 is 1.42 bits per heavy atom. The average molecular weight is 488 g/mol. The van der Waals surface area contributed by atoms with E-state index in [1.807, 2.05) is 0 Å². The minimum absolute atomic E-state index is 0.0693. The van der Waals surface area contributed by atoms with Crippen LogP contribution < -0.4 is 5.32 Å². The Labute approximate surface area is 192 Å². The molecular weight excluding hydrogens is 463 g/mol. The number of piperidine rings is 1. The molecule has 1 aromatic heterocycles. The predicted octanol–water partition coefficient (Wildman–Crippen LogP) is 4.53. The van der Waals surface area contributed by atoms with Gasteiger partial charge < -0.3 is 0 Å². The second-order valence-corrected chi connectivity index (χ2v) is 9.52. The first-order valence-corrected chi connectivity index (χ1v) is 11.8. The Morgan fingerprint density at radius 3 is 2.87 bits per heavy atom. The quantitative estimate of drug-likeness (QED) is 0.481. The molecule has 4 rings (SSSR count). The summed E-state index contributed by atoms with van der Waals surface area (Å²) in [5.74, 6) is -4.13. The molecule has 1 aliphatic carbocycles. The van der Waals surface area contributed by atoms with Crippen LogP contribution in [0.4, 0.5) is 13.9 Å². The van der Waals surface area contributed by atoms with Gasteiger partial charge in [-0.1, -0.05) is 0 Å². The second kappa shape index (κ2) is 9.01. The summed E-state index contributed by atoms with van der Waals surface area (Å²) in [6, 6.07) is 3.73. The van der Waals surface area contributed by atoms with Gasteiger partial charge in [0.25, 0.3) is 0 Å². The molecule has 1 aliphatic heterocycles. The van der Waals surface area contributed by atoms with E-state index in [1.54, 1.807) is 11.8 Å². The van der Waals surface area contributed by atoms with Crippen molar-refractivity contribution in [3.05, 3.63) is 47.6 Å². The number of nitrogens with one attached hydrogen (secondary N) is 1. The molecule has 0 unspecified atom stereocenters. The van der Waals surface area contributed by atoms with Crippen molar-refractivity contribution in [1.29, 1.82) is 0 Å². The van der Waals surface area contributed by atoms with E-state index < -0.39 is 17.9 Å². The number of allylic oxidation sites excluding steroid dienone is 2. The number of rotatable bonds is 6. The molecule has 0 radical (unpaired) electrons. The number of carbonyl (C=O) groups is 1. The van der Waals surface area contributed by atoms with Gasteiger partial charge in [-0.05, 0) is 42.5 Å². The number of thiazole rings is 1. The molecule has 2 aliphatic rings. The van der Waals surface area contributed by atoms with Crippen LogP contribution in [0.2, 0.25) is 0 Å². The van der Waals surface area contributed by atoms with E-state index >= 15 is 0 Å². The zero-order valence-corrected chi connectivity index (χ0v) is 19.1. The molecule has 2 atom stereocenters. The third-order valence-electron chi connectivity index (χ3n) is 6.30. The molecule has 168 valence electrons. The summed E-state index contributed by atoms with van der Waals surface area (Å²) >= 11 is 5.96. The van der Waals surface area contributed by atoms with Gasteiger partial charge >= 0.3 is 150 Å². The SMILES string of the molecule is C=C/C(=C\[CH]=[Ni])[C@H]1CN([C@H](C)C(=O)Nc2nc3cc4c(cc3s2)CCC4)CCC1(F)F. The standard InChI is InChI=1S/C23H25F2N3OS.Ni/c1-4-15(5-2)18-13-28(10-9-23(18,24)25)14(3)21(29)27-22-26-19-11-16-7-6-8-17(16)12-20(19)30-22;/h1,4-5,11-12,14,18H,2,6-10,13H2,3H3,(H,26,27,29);/b15-4+;/t14-,18-;/m1./s1. The van der Waals surface area contributed by atoms with Crippen LogP contribution in [0.1, 0.15) is 30.9 Å². The molecule has 0 saturated carbocycles. The summed E-state index contributed by atoms with van der Waals surface area (Å²) in [5, 5.41) is 3.44.